The molecule has 0 spiro atoms. The first-order chi connectivity index (χ1) is 8.31. The second kappa shape index (κ2) is 8.93. The van der Waals surface area contributed by atoms with E-state index in [-0.39, 0.29) is 0 Å². The molecule has 0 bridgehead atoms. The second-order valence-corrected chi connectivity index (χ2v) is 5.46. The molecule has 1 rings (SSSR count). The van der Waals surface area contributed by atoms with Gasteiger partial charge in [-0.15, -0.1) is 0 Å². The molecular weight excluding hydrogens is 208 g/mol. The summed E-state index contributed by atoms with van der Waals surface area (Å²) in [6, 6.07) is 0.729. The summed E-state index contributed by atoms with van der Waals surface area (Å²) < 4.78 is 0. The van der Waals surface area contributed by atoms with Crippen LogP contribution in [0.15, 0.2) is 0 Å². The summed E-state index contributed by atoms with van der Waals surface area (Å²) in [5.41, 5.74) is 0. The van der Waals surface area contributed by atoms with Crippen LogP contribution in [0.2, 0.25) is 0 Å². The van der Waals surface area contributed by atoms with Crippen LogP contribution in [0.25, 0.3) is 0 Å². The van der Waals surface area contributed by atoms with Crippen molar-refractivity contribution in [3.63, 3.8) is 0 Å². The lowest BCUT2D eigenvalue weighted by molar-refractivity contribution is 0.190. The van der Waals surface area contributed by atoms with Crippen LogP contribution >= 0.6 is 0 Å². The second-order valence-electron chi connectivity index (χ2n) is 5.46. The molecule has 0 aromatic heterocycles. The van der Waals surface area contributed by atoms with Gasteiger partial charge in [0.15, 0.2) is 0 Å². The Labute approximate surface area is 108 Å². The zero-order valence-electron chi connectivity index (χ0n) is 12.2. The van der Waals surface area contributed by atoms with Gasteiger partial charge < -0.3 is 10.2 Å². The van der Waals surface area contributed by atoms with Crippen LogP contribution in [0.4, 0.5) is 0 Å². The van der Waals surface area contributed by atoms with E-state index in [1.807, 2.05) is 0 Å². The highest BCUT2D eigenvalue weighted by Crippen LogP contribution is 2.26. The maximum absolute atomic E-state index is 3.73. The SMILES string of the molecule is CCCN(CC)CC(NCC)C1CCCCC1. The maximum atomic E-state index is 3.73. The van der Waals surface area contributed by atoms with Gasteiger partial charge >= 0.3 is 0 Å². The van der Waals surface area contributed by atoms with Crippen molar-refractivity contribution < 1.29 is 0 Å². The van der Waals surface area contributed by atoms with Gasteiger partial charge in [-0.05, 0) is 44.8 Å². The standard InChI is InChI=1S/C15H32N2/c1-4-12-17(6-3)13-15(16-5-2)14-10-8-7-9-11-14/h14-16H,4-13H2,1-3H3. The fourth-order valence-corrected chi connectivity index (χ4v) is 3.15. The Kier molecular flexibility index (Phi) is 7.87. The Balaban J connectivity index is 2.44. The molecule has 0 heterocycles. The molecule has 0 aromatic rings. The van der Waals surface area contributed by atoms with Crippen molar-refractivity contribution in [1.29, 1.82) is 0 Å². The molecule has 0 amide bonds. The van der Waals surface area contributed by atoms with Crippen LogP contribution in [0.5, 0.6) is 0 Å². The smallest absolute Gasteiger partial charge is 0.0223 e. The van der Waals surface area contributed by atoms with E-state index in [2.05, 4.69) is 31.0 Å². The lowest BCUT2D eigenvalue weighted by Crippen LogP contribution is -2.46. The van der Waals surface area contributed by atoms with Gasteiger partial charge in [0.25, 0.3) is 0 Å². The van der Waals surface area contributed by atoms with E-state index in [0.717, 1.165) is 18.5 Å². The van der Waals surface area contributed by atoms with Crippen molar-refractivity contribution in [1.82, 2.24) is 10.2 Å². The minimum absolute atomic E-state index is 0.729. The molecule has 1 saturated carbocycles. The van der Waals surface area contributed by atoms with Gasteiger partial charge in [-0.3, -0.25) is 0 Å². The van der Waals surface area contributed by atoms with Crippen LogP contribution in [0, 0.1) is 5.92 Å². The maximum Gasteiger partial charge on any atom is 0.0223 e. The molecule has 17 heavy (non-hydrogen) atoms. The van der Waals surface area contributed by atoms with E-state index in [4.69, 9.17) is 0 Å². The molecule has 0 aromatic carbocycles. The first-order valence-corrected chi connectivity index (χ1v) is 7.77. The fourth-order valence-electron chi connectivity index (χ4n) is 3.15. The van der Waals surface area contributed by atoms with Crippen molar-refractivity contribution in [2.75, 3.05) is 26.2 Å². The van der Waals surface area contributed by atoms with Gasteiger partial charge in [0.1, 0.15) is 0 Å². The Morgan fingerprint density at radius 1 is 1.12 bits per heavy atom. The number of hydrogen-bond donors (Lipinski definition) is 1. The molecule has 0 saturated heterocycles. The van der Waals surface area contributed by atoms with Crippen LogP contribution in [0.3, 0.4) is 0 Å². The van der Waals surface area contributed by atoms with Gasteiger partial charge in [0, 0.05) is 12.6 Å². The van der Waals surface area contributed by atoms with Crippen molar-refractivity contribution in [3.8, 4) is 0 Å². The van der Waals surface area contributed by atoms with Crippen LogP contribution in [-0.4, -0.2) is 37.1 Å². The quantitative estimate of drug-likeness (QED) is 0.700. The Morgan fingerprint density at radius 2 is 1.82 bits per heavy atom. The van der Waals surface area contributed by atoms with Crippen LogP contribution in [-0.2, 0) is 0 Å². The van der Waals surface area contributed by atoms with E-state index in [9.17, 15) is 0 Å². The number of likely N-dealkylation sites (N-methyl/N-ethyl adjacent to an activating group) is 2. The molecule has 2 nitrogen and oxygen atoms in total. The predicted molar refractivity (Wildman–Crippen MR) is 76.4 cm³/mol. The minimum atomic E-state index is 0.729. The zero-order chi connectivity index (χ0) is 12.5. The number of nitrogens with one attached hydrogen (secondary N) is 1. The molecule has 1 N–H and O–H groups in total. The molecule has 2 heteroatoms. The summed E-state index contributed by atoms with van der Waals surface area (Å²) in [4.78, 5) is 2.61. The predicted octanol–water partition coefficient (Wildman–Crippen LogP) is 3.28. The molecule has 1 atom stereocenters. The summed E-state index contributed by atoms with van der Waals surface area (Å²) in [5, 5.41) is 3.73. The van der Waals surface area contributed by atoms with Gasteiger partial charge in [-0.2, -0.15) is 0 Å². The number of hydrogen-bond acceptors (Lipinski definition) is 2. The third-order valence-electron chi connectivity index (χ3n) is 4.13. The van der Waals surface area contributed by atoms with Crippen molar-refractivity contribution in [2.45, 2.75) is 65.3 Å². The molecular formula is C15H32N2. The van der Waals surface area contributed by atoms with Gasteiger partial charge in [0.2, 0.25) is 0 Å². The zero-order valence-corrected chi connectivity index (χ0v) is 12.2. The third kappa shape index (κ3) is 5.39. The Hall–Kier alpha value is -0.0800. The van der Waals surface area contributed by atoms with Crippen molar-refractivity contribution in [2.24, 2.45) is 5.92 Å². The monoisotopic (exact) mass is 240 g/mol. The molecule has 1 aliphatic rings. The average molecular weight is 240 g/mol. The first kappa shape index (κ1) is 15.0. The van der Waals surface area contributed by atoms with E-state index in [1.165, 1.54) is 58.2 Å². The summed E-state index contributed by atoms with van der Waals surface area (Å²) in [6.07, 6.45) is 8.53. The molecule has 1 unspecified atom stereocenters. The largest absolute Gasteiger partial charge is 0.313 e. The summed E-state index contributed by atoms with van der Waals surface area (Å²) in [7, 11) is 0. The third-order valence-corrected chi connectivity index (χ3v) is 4.13. The number of rotatable bonds is 8. The van der Waals surface area contributed by atoms with E-state index >= 15 is 0 Å². The highest BCUT2D eigenvalue weighted by atomic mass is 15.1. The van der Waals surface area contributed by atoms with Gasteiger partial charge in [-0.1, -0.05) is 40.0 Å². The molecule has 0 aliphatic heterocycles. The Morgan fingerprint density at radius 3 is 2.35 bits per heavy atom. The average Bonchev–Trinajstić information content (AvgIpc) is 2.38. The molecule has 1 fully saturated rings. The van der Waals surface area contributed by atoms with Gasteiger partial charge in [0.05, 0.1) is 0 Å². The highest BCUT2D eigenvalue weighted by Gasteiger charge is 2.24. The van der Waals surface area contributed by atoms with E-state index in [1.54, 1.807) is 0 Å². The van der Waals surface area contributed by atoms with Crippen molar-refractivity contribution >= 4 is 0 Å². The number of nitrogens with zero attached hydrogens (tertiary/aromatic N) is 1. The lowest BCUT2D eigenvalue weighted by Gasteiger charge is -2.34. The van der Waals surface area contributed by atoms with Crippen LogP contribution in [0.1, 0.15) is 59.3 Å². The first-order valence-electron chi connectivity index (χ1n) is 7.77. The van der Waals surface area contributed by atoms with Crippen LogP contribution < -0.4 is 5.32 Å². The topological polar surface area (TPSA) is 15.3 Å². The molecule has 0 radical (unpaired) electrons. The van der Waals surface area contributed by atoms with Gasteiger partial charge in [-0.25, -0.2) is 0 Å². The molecule has 102 valence electrons. The summed E-state index contributed by atoms with van der Waals surface area (Å²) >= 11 is 0. The summed E-state index contributed by atoms with van der Waals surface area (Å²) in [5.74, 6) is 0.926. The fraction of sp³-hybridized carbons (Fsp3) is 1.00. The molecule has 1 aliphatic carbocycles. The lowest BCUT2D eigenvalue weighted by atomic mass is 9.83. The summed E-state index contributed by atoms with van der Waals surface area (Å²) in [6.45, 7) is 11.6. The van der Waals surface area contributed by atoms with E-state index in [0.29, 0.717) is 0 Å². The minimum Gasteiger partial charge on any atom is -0.313 e. The van der Waals surface area contributed by atoms with E-state index < -0.39 is 0 Å². The van der Waals surface area contributed by atoms with Crippen molar-refractivity contribution in [3.05, 3.63) is 0 Å². The normalized spacial score (nSPS) is 19.8. The Bertz CT molecular complexity index is 176. The highest BCUT2D eigenvalue weighted by molar-refractivity contribution is 4.81.